The van der Waals surface area contributed by atoms with Crippen LogP contribution in [0.4, 0.5) is 10.2 Å². The molecule has 0 aliphatic carbocycles. The number of nitrogens with zero attached hydrogens (tertiary/aromatic N) is 1. The van der Waals surface area contributed by atoms with Crippen molar-refractivity contribution in [2.45, 2.75) is 10.9 Å². The van der Waals surface area contributed by atoms with Gasteiger partial charge in [0.25, 0.3) is 5.56 Å². The van der Waals surface area contributed by atoms with E-state index in [0.717, 1.165) is 0 Å². The van der Waals surface area contributed by atoms with Crippen molar-refractivity contribution in [3.63, 3.8) is 0 Å². The van der Waals surface area contributed by atoms with Crippen LogP contribution in [0.15, 0.2) is 34.2 Å². The number of halogens is 1. The molecule has 6 nitrogen and oxygen atoms in total. The highest BCUT2D eigenvalue weighted by Gasteiger charge is 2.12. The second kappa shape index (κ2) is 6.40. The third kappa shape index (κ3) is 3.82. The number of esters is 1. The molecule has 0 saturated heterocycles. The molecule has 1 heterocycles. The van der Waals surface area contributed by atoms with Crippen LogP contribution in [0.2, 0.25) is 0 Å². The van der Waals surface area contributed by atoms with E-state index >= 15 is 0 Å². The molecular weight excluding hydrogens is 297 g/mol. The Morgan fingerprint density at radius 1 is 1.48 bits per heavy atom. The summed E-state index contributed by atoms with van der Waals surface area (Å²) >= 11 is 1.20. The number of aromatic amines is 1. The summed E-state index contributed by atoms with van der Waals surface area (Å²) in [4.78, 5) is 29.0. The van der Waals surface area contributed by atoms with E-state index < -0.39 is 11.8 Å². The number of carbonyl (C=O) groups is 1. The summed E-state index contributed by atoms with van der Waals surface area (Å²) in [5.41, 5.74) is 5.63. The molecule has 0 aliphatic rings. The predicted molar refractivity (Wildman–Crippen MR) is 76.6 cm³/mol. The average molecular weight is 309 g/mol. The number of nitrogen functional groups attached to an aromatic ring is 1. The zero-order valence-corrected chi connectivity index (χ0v) is 11.9. The Morgan fingerprint density at radius 2 is 2.24 bits per heavy atom. The zero-order valence-electron chi connectivity index (χ0n) is 11.1. The van der Waals surface area contributed by atoms with Crippen molar-refractivity contribution in [3.8, 4) is 0 Å². The van der Waals surface area contributed by atoms with Crippen LogP contribution in [0.25, 0.3) is 0 Å². The van der Waals surface area contributed by atoms with Gasteiger partial charge in [-0.2, -0.15) is 0 Å². The van der Waals surface area contributed by atoms with Gasteiger partial charge in [-0.05, 0) is 17.7 Å². The maximum absolute atomic E-state index is 13.7. The molecule has 1 aromatic heterocycles. The third-order valence-electron chi connectivity index (χ3n) is 2.55. The highest BCUT2D eigenvalue weighted by atomic mass is 32.2. The summed E-state index contributed by atoms with van der Waals surface area (Å²) in [6, 6.07) is 5.37. The molecule has 110 valence electrons. The average Bonchev–Trinajstić information content (AvgIpc) is 2.43. The molecule has 0 atom stereocenters. The van der Waals surface area contributed by atoms with Gasteiger partial charge in [-0.25, -0.2) is 14.2 Å². The smallest absolute Gasteiger partial charge is 0.340 e. The molecule has 21 heavy (non-hydrogen) atoms. The fraction of sp³-hybridized carbons (Fsp3) is 0.154. The van der Waals surface area contributed by atoms with Crippen molar-refractivity contribution in [1.29, 1.82) is 0 Å². The number of nitrogens with two attached hydrogens (primary N) is 1. The lowest BCUT2D eigenvalue weighted by molar-refractivity contribution is 0.0595. The molecule has 0 saturated carbocycles. The van der Waals surface area contributed by atoms with E-state index in [1.54, 1.807) is 6.07 Å². The minimum Gasteiger partial charge on any atom is -0.465 e. The lowest BCUT2D eigenvalue weighted by Crippen LogP contribution is -2.09. The number of benzene rings is 1. The Bertz CT molecular complexity index is 733. The topological polar surface area (TPSA) is 98.1 Å². The van der Waals surface area contributed by atoms with Crippen LogP contribution in [0.5, 0.6) is 0 Å². The van der Waals surface area contributed by atoms with Crippen LogP contribution in [-0.4, -0.2) is 23.0 Å². The lowest BCUT2D eigenvalue weighted by Gasteiger charge is -2.05. The highest BCUT2D eigenvalue weighted by molar-refractivity contribution is 7.98. The van der Waals surface area contributed by atoms with Gasteiger partial charge in [0.15, 0.2) is 5.16 Å². The van der Waals surface area contributed by atoms with Crippen molar-refractivity contribution < 1.29 is 13.9 Å². The second-order valence-electron chi connectivity index (χ2n) is 4.07. The van der Waals surface area contributed by atoms with E-state index in [9.17, 15) is 14.0 Å². The predicted octanol–water partition coefficient (Wildman–Crippen LogP) is 1.57. The number of ether oxygens (including phenoxy) is 1. The third-order valence-corrected chi connectivity index (χ3v) is 3.50. The van der Waals surface area contributed by atoms with Crippen molar-refractivity contribution in [2.75, 3.05) is 12.8 Å². The van der Waals surface area contributed by atoms with Crippen LogP contribution in [0.1, 0.15) is 15.9 Å². The number of carbonyl (C=O) groups excluding carboxylic acids is 1. The molecule has 2 rings (SSSR count). The molecule has 2 aromatic rings. The first-order valence-electron chi connectivity index (χ1n) is 5.86. The van der Waals surface area contributed by atoms with Crippen LogP contribution in [0.3, 0.4) is 0 Å². The lowest BCUT2D eigenvalue weighted by atomic mass is 10.1. The summed E-state index contributed by atoms with van der Waals surface area (Å²) < 4.78 is 18.2. The Labute approximate surface area is 123 Å². The summed E-state index contributed by atoms with van der Waals surface area (Å²) in [5, 5.41) is 0.345. The number of H-pyrrole nitrogens is 1. The molecule has 0 bridgehead atoms. The second-order valence-corrected chi connectivity index (χ2v) is 5.03. The van der Waals surface area contributed by atoms with Gasteiger partial charge in [0.05, 0.1) is 12.7 Å². The van der Waals surface area contributed by atoms with Gasteiger partial charge in [-0.15, -0.1) is 0 Å². The van der Waals surface area contributed by atoms with E-state index in [2.05, 4.69) is 14.7 Å². The fourth-order valence-electron chi connectivity index (χ4n) is 1.60. The molecule has 8 heteroatoms. The van der Waals surface area contributed by atoms with Crippen LogP contribution >= 0.6 is 11.8 Å². The number of rotatable bonds is 4. The maximum atomic E-state index is 13.7. The van der Waals surface area contributed by atoms with Gasteiger partial charge in [-0.3, -0.25) is 4.79 Å². The van der Waals surface area contributed by atoms with Crippen molar-refractivity contribution >= 4 is 23.5 Å². The molecule has 0 fully saturated rings. The first-order valence-corrected chi connectivity index (χ1v) is 6.84. The Morgan fingerprint density at radius 3 is 2.86 bits per heavy atom. The van der Waals surface area contributed by atoms with Gasteiger partial charge in [0.2, 0.25) is 0 Å². The number of aromatic nitrogens is 2. The number of anilines is 1. The number of hydrogen-bond acceptors (Lipinski definition) is 6. The zero-order chi connectivity index (χ0) is 15.4. The van der Waals surface area contributed by atoms with Gasteiger partial charge < -0.3 is 15.5 Å². The number of thioether (sulfide) groups is 1. The standard InChI is InChI=1S/C13H12FN3O3S/c1-20-12(19)8-3-2-7(4-9(8)14)6-21-13-16-10(15)5-11(18)17-13/h2-5H,6H2,1H3,(H3,15,16,17,18). The Hall–Kier alpha value is -2.35. The molecule has 0 aliphatic heterocycles. The van der Waals surface area contributed by atoms with Crippen molar-refractivity contribution in [3.05, 3.63) is 51.6 Å². The maximum Gasteiger partial charge on any atom is 0.340 e. The monoisotopic (exact) mass is 309 g/mol. The number of hydrogen-bond donors (Lipinski definition) is 2. The van der Waals surface area contributed by atoms with E-state index in [1.807, 2.05) is 0 Å². The van der Waals surface area contributed by atoms with Crippen molar-refractivity contribution in [1.82, 2.24) is 9.97 Å². The molecule has 0 radical (unpaired) electrons. The molecule has 3 N–H and O–H groups in total. The Kier molecular flexibility index (Phi) is 4.59. The van der Waals surface area contributed by atoms with Gasteiger partial charge in [0, 0.05) is 11.8 Å². The number of methoxy groups -OCH3 is 1. The fourth-order valence-corrected chi connectivity index (χ4v) is 2.42. The molecule has 1 aromatic carbocycles. The summed E-state index contributed by atoms with van der Waals surface area (Å²) in [7, 11) is 1.19. The molecule has 0 spiro atoms. The molecule has 0 unspecified atom stereocenters. The number of nitrogens with one attached hydrogen (secondary N) is 1. The summed E-state index contributed by atoms with van der Waals surface area (Å²) in [6.45, 7) is 0. The molecular formula is C13H12FN3O3S. The minimum absolute atomic E-state index is 0.119. The quantitative estimate of drug-likeness (QED) is 0.505. The van der Waals surface area contributed by atoms with Gasteiger partial charge in [0.1, 0.15) is 11.6 Å². The van der Waals surface area contributed by atoms with Crippen LogP contribution in [0, 0.1) is 5.82 Å². The van der Waals surface area contributed by atoms with E-state index in [-0.39, 0.29) is 16.9 Å². The summed E-state index contributed by atoms with van der Waals surface area (Å²) in [5.74, 6) is -0.902. The first kappa shape index (κ1) is 15.0. The highest BCUT2D eigenvalue weighted by Crippen LogP contribution is 2.20. The minimum atomic E-state index is -0.728. The van der Waals surface area contributed by atoms with E-state index in [0.29, 0.717) is 16.5 Å². The summed E-state index contributed by atoms with van der Waals surface area (Å²) in [6.07, 6.45) is 0. The van der Waals surface area contributed by atoms with Gasteiger partial charge in [-0.1, -0.05) is 17.8 Å². The van der Waals surface area contributed by atoms with Crippen LogP contribution in [-0.2, 0) is 10.5 Å². The largest absolute Gasteiger partial charge is 0.465 e. The van der Waals surface area contributed by atoms with Gasteiger partial charge >= 0.3 is 5.97 Å². The Balaban J connectivity index is 2.12. The van der Waals surface area contributed by atoms with E-state index in [4.69, 9.17) is 5.73 Å². The van der Waals surface area contributed by atoms with E-state index in [1.165, 1.54) is 37.1 Å². The SMILES string of the molecule is COC(=O)c1ccc(CSc2nc(N)cc(=O)[nH]2)cc1F. The van der Waals surface area contributed by atoms with Crippen molar-refractivity contribution in [2.24, 2.45) is 0 Å². The normalized spacial score (nSPS) is 10.4. The van der Waals surface area contributed by atoms with Crippen LogP contribution < -0.4 is 11.3 Å². The first-order chi connectivity index (χ1) is 9.99. The molecule has 0 amide bonds.